The number of imide groups is 1. The molecule has 6 rings (SSSR count). The molecule has 4 aromatic rings. The lowest BCUT2D eigenvalue weighted by Crippen LogP contribution is -2.65. The van der Waals surface area contributed by atoms with Gasteiger partial charge in [0.15, 0.2) is 0 Å². The van der Waals surface area contributed by atoms with Crippen molar-refractivity contribution in [2.75, 3.05) is 19.3 Å². The largest absolute Gasteiger partial charge is 0.389 e. The number of aliphatic hydroxyl groups excluding tert-OH is 2. The van der Waals surface area contributed by atoms with Crippen molar-refractivity contribution in [1.82, 2.24) is 24.5 Å². The summed E-state index contributed by atoms with van der Waals surface area (Å²) in [6.45, 7) is 6.66. The maximum atomic E-state index is 13.6. The van der Waals surface area contributed by atoms with Gasteiger partial charge in [-0.15, -0.1) is 0 Å². The van der Waals surface area contributed by atoms with Crippen molar-refractivity contribution in [3.8, 4) is 0 Å². The van der Waals surface area contributed by atoms with E-state index in [9.17, 15) is 28.2 Å². The minimum atomic E-state index is -3.64. The Hall–Kier alpha value is -3.59. The van der Waals surface area contributed by atoms with Crippen LogP contribution in [0.15, 0.2) is 60.9 Å². The van der Waals surface area contributed by atoms with Crippen LogP contribution in [0.1, 0.15) is 11.1 Å². The van der Waals surface area contributed by atoms with Crippen LogP contribution < -0.4 is 10.0 Å². The van der Waals surface area contributed by atoms with Crippen molar-refractivity contribution in [3.63, 3.8) is 0 Å². The molecule has 238 valence electrons. The van der Waals surface area contributed by atoms with Crippen LogP contribution in [0.3, 0.4) is 0 Å². The molecule has 4 atom stereocenters. The topological polar surface area (TPSA) is 157 Å². The van der Waals surface area contributed by atoms with Crippen LogP contribution >= 0.6 is 0 Å². The fourth-order valence-electron chi connectivity index (χ4n) is 6.24. The predicted octanol–water partition coefficient (Wildman–Crippen LogP) is 2.35. The number of fused-ring (bicyclic) bond motifs is 2. The summed E-state index contributed by atoms with van der Waals surface area (Å²) in [4.78, 5) is 31.5. The van der Waals surface area contributed by atoms with E-state index in [1.165, 1.54) is 7.05 Å². The first-order chi connectivity index (χ1) is 21.3. The third-order valence-electron chi connectivity index (χ3n) is 8.82. The van der Waals surface area contributed by atoms with Crippen molar-refractivity contribution < 1.29 is 28.2 Å². The number of carbonyl (C=O) groups excluding carboxylic acids is 2. The van der Waals surface area contributed by atoms with Crippen LogP contribution in [0.4, 0.5) is 0 Å². The maximum Gasteiger partial charge on any atom is 0.261 e. The number of piperidine rings is 1. The van der Waals surface area contributed by atoms with Crippen molar-refractivity contribution in [3.05, 3.63) is 72.1 Å². The molecule has 0 unspecified atom stereocenters. The van der Waals surface area contributed by atoms with Gasteiger partial charge >= 0.3 is 0 Å². The van der Waals surface area contributed by atoms with Gasteiger partial charge in [0.05, 0.1) is 41.2 Å². The monoisotopic (exact) mass is 649 g/mol. The van der Waals surface area contributed by atoms with E-state index >= 15 is 0 Å². The van der Waals surface area contributed by atoms with Crippen LogP contribution in [-0.2, 0) is 26.2 Å². The summed E-state index contributed by atoms with van der Waals surface area (Å²) in [5, 5.41) is 26.9. The highest BCUT2D eigenvalue weighted by molar-refractivity contribution is 7.89. The average molecular weight is 650 g/mol. The highest BCUT2D eigenvalue weighted by atomic mass is 32.2. The van der Waals surface area contributed by atoms with Crippen molar-refractivity contribution in [2.45, 2.75) is 56.5 Å². The lowest BCUT2D eigenvalue weighted by molar-refractivity contribution is -0.134. The zero-order valence-corrected chi connectivity index (χ0v) is 27.6. The van der Waals surface area contributed by atoms with Gasteiger partial charge in [0.2, 0.25) is 10.0 Å². The zero-order valence-electron chi connectivity index (χ0n) is 25.7. The van der Waals surface area contributed by atoms with E-state index in [2.05, 4.69) is 34.7 Å². The molecule has 2 amide bonds. The third-order valence-corrected chi connectivity index (χ3v) is 12.3. The van der Waals surface area contributed by atoms with Crippen LogP contribution in [0.5, 0.6) is 0 Å². The summed E-state index contributed by atoms with van der Waals surface area (Å²) in [5.41, 5.74) is 3.49. The number of aromatic amines is 1. The molecule has 45 heavy (non-hydrogen) atoms. The third kappa shape index (κ3) is 5.91. The molecule has 0 radical (unpaired) electrons. The number of hydrogen-bond donors (Lipinski definition) is 5. The molecule has 0 bridgehead atoms. The molecule has 5 N–H and O–H groups in total. The number of aromatic nitrogens is 2. The van der Waals surface area contributed by atoms with E-state index in [4.69, 9.17) is 0 Å². The van der Waals surface area contributed by atoms with Crippen molar-refractivity contribution in [2.24, 2.45) is 0 Å². The highest BCUT2D eigenvalue weighted by Gasteiger charge is 2.41. The summed E-state index contributed by atoms with van der Waals surface area (Å²) in [6.07, 6.45) is 0.974. The number of hydrogen-bond acceptors (Lipinski definition) is 7. The number of carbonyl (C=O) groups is 2. The van der Waals surface area contributed by atoms with Crippen LogP contribution in [-0.4, -0.2) is 96.6 Å². The molecule has 2 aromatic heterocycles. The predicted molar refractivity (Wildman–Crippen MR) is 177 cm³/mol. The van der Waals surface area contributed by atoms with Crippen LogP contribution in [0.2, 0.25) is 25.7 Å². The summed E-state index contributed by atoms with van der Waals surface area (Å²) >= 11 is 0. The average Bonchev–Trinajstić information content (AvgIpc) is 3.64. The molecule has 2 aliphatic heterocycles. The molecular weight excluding hydrogens is 611 g/mol. The fourth-order valence-corrected chi connectivity index (χ4v) is 10.6. The van der Waals surface area contributed by atoms with Gasteiger partial charge in [-0.3, -0.25) is 14.5 Å². The van der Waals surface area contributed by atoms with E-state index in [0.717, 1.165) is 26.7 Å². The molecule has 0 spiro atoms. The Bertz CT molecular complexity index is 1940. The molecular formula is C32H39N5O6SSi. The summed E-state index contributed by atoms with van der Waals surface area (Å²) in [6, 6.07) is 14.2. The first-order valence-corrected chi connectivity index (χ1v) is 20.4. The van der Waals surface area contributed by atoms with Gasteiger partial charge in [-0.05, 0) is 18.2 Å². The number of sulfonamides is 1. The fraction of sp³-hybridized carbons (Fsp3) is 0.375. The van der Waals surface area contributed by atoms with Crippen LogP contribution in [0, 0.1) is 0 Å². The Balaban J connectivity index is 1.32. The second kappa shape index (κ2) is 11.6. The summed E-state index contributed by atoms with van der Waals surface area (Å²) in [5.74, 6) is -0.808. The van der Waals surface area contributed by atoms with Crippen LogP contribution in [0.25, 0.3) is 33.0 Å². The number of H-pyrrole nitrogens is 1. The van der Waals surface area contributed by atoms with E-state index in [1.807, 2.05) is 59.3 Å². The molecule has 1 fully saturated rings. The van der Waals surface area contributed by atoms with Crippen molar-refractivity contribution in [1.29, 1.82) is 0 Å². The SMILES string of the molecule is CN1C(=O)C(c2c[nH]c3ccccc23)=C(c2cn(C[C@@H]3NC[C@H](NS(=O)(=O)CC[Si](C)(C)C)[C@@H](O)[C@@H]3O)c3ccccc23)C1=O. The quantitative estimate of drug-likeness (QED) is 0.138. The second-order valence-electron chi connectivity index (χ2n) is 13.2. The zero-order chi connectivity index (χ0) is 32.3. The normalized spacial score (nSPS) is 23.2. The number of nitrogens with zero attached hydrogens (tertiary/aromatic N) is 2. The van der Waals surface area contributed by atoms with Gasteiger partial charge in [0, 0.05) is 73.5 Å². The smallest absolute Gasteiger partial charge is 0.261 e. The Labute approximate surface area is 263 Å². The Morgan fingerprint density at radius 1 is 0.933 bits per heavy atom. The molecule has 0 saturated carbocycles. The Morgan fingerprint density at radius 2 is 1.58 bits per heavy atom. The first kappa shape index (κ1) is 31.4. The van der Waals surface area contributed by atoms with Gasteiger partial charge < -0.3 is 25.1 Å². The molecule has 11 nitrogen and oxygen atoms in total. The van der Waals surface area contributed by atoms with Gasteiger partial charge in [-0.1, -0.05) is 56.0 Å². The molecule has 4 heterocycles. The van der Waals surface area contributed by atoms with Crippen molar-refractivity contribution >= 4 is 62.9 Å². The minimum absolute atomic E-state index is 0.0175. The van der Waals surface area contributed by atoms with Gasteiger partial charge in [-0.2, -0.15) is 0 Å². The molecule has 1 saturated heterocycles. The van der Waals surface area contributed by atoms with E-state index in [0.29, 0.717) is 28.3 Å². The van der Waals surface area contributed by atoms with Gasteiger partial charge in [-0.25, -0.2) is 13.1 Å². The number of rotatable bonds is 9. The molecule has 13 heteroatoms. The molecule has 0 aliphatic carbocycles. The highest BCUT2D eigenvalue weighted by Crippen LogP contribution is 2.40. The summed E-state index contributed by atoms with van der Waals surface area (Å²) < 4.78 is 29.9. The molecule has 2 aromatic carbocycles. The summed E-state index contributed by atoms with van der Waals surface area (Å²) in [7, 11) is -3.75. The second-order valence-corrected chi connectivity index (χ2v) is 20.7. The number of nitrogens with one attached hydrogen (secondary N) is 3. The number of likely N-dealkylation sites (N-methyl/N-ethyl adjacent to an activating group) is 1. The lowest BCUT2D eigenvalue weighted by Gasteiger charge is -2.39. The minimum Gasteiger partial charge on any atom is -0.389 e. The number of aliphatic hydroxyl groups is 2. The van der Waals surface area contributed by atoms with E-state index in [-0.39, 0.29) is 24.7 Å². The maximum absolute atomic E-state index is 13.6. The Morgan fingerprint density at radius 3 is 2.29 bits per heavy atom. The standard InChI is InChI=1S/C32H39N5O6SSi/c1-36-31(40)27(21-15-33-23-11-7-5-9-19(21)23)28(32(36)41)22-17-37(26-12-8-6-10-20(22)26)18-25-30(39)29(38)24(16-34-25)35-44(42,43)13-14-45(2,3)4/h5-12,15,17,24-25,29-30,33-35,38-39H,13-14,16,18H2,1-4H3/t24-,25-,29+,30+/m0/s1. The number of amides is 2. The number of para-hydroxylation sites is 2. The Kier molecular flexibility index (Phi) is 8.12. The number of benzene rings is 2. The molecule has 2 aliphatic rings. The van der Waals surface area contributed by atoms with Gasteiger partial charge in [0.25, 0.3) is 11.8 Å². The van der Waals surface area contributed by atoms with Gasteiger partial charge in [0.1, 0.15) is 0 Å². The van der Waals surface area contributed by atoms with E-state index < -0.39 is 48.3 Å². The lowest BCUT2D eigenvalue weighted by atomic mass is 9.94. The van der Waals surface area contributed by atoms with E-state index in [1.54, 1.807) is 6.20 Å². The first-order valence-electron chi connectivity index (χ1n) is 15.1.